The van der Waals surface area contributed by atoms with Gasteiger partial charge in [0.15, 0.2) is 12.1 Å². The Balaban J connectivity index is 2.56. The molecule has 1 N–H and O–H groups in total. The van der Waals surface area contributed by atoms with E-state index < -0.39 is 11.6 Å². The lowest BCUT2D eigenvalue weighted by Crippen LogP contribution is -2.06. The number of nitrogens with zero attached hydrogens (tertiary/aromatic N) is 2. The second-order valence-electron chi connectivity index (χ2n) is 4.12. The summed E-state index contributed by atoms with van der Waals surface area (Å²) in [5.74, 6) is -1.32. The molecule has 2 aromatic rings. The molecule has 0 amide bonds. The number of carbonyl (C=O) groups excluding carboxylic acids is 1. The van der Waals surface area contributed by atoms with Crippen molar-refractivity contribution in [3.63, 3.8) is 0 Å². The quantitative estimate of drug-likeness (QED) is 0.695. The first-order valence-corrected chi connectivity index (χ1v) is 6.02. The van der Waals surface area contributed by atoms with E-state index in [1.807, 2.05) is 0 Å². The maximum absolute atomic E-state index is 13.9. The lowest BCUT2D eigenvalue weighted by molar-refractivity contribution is 0.112. The van der Waals surface area contributed by atoms with E-state index in [4.69, 9.17) is 11.6 Å². The third-order valence-electron chi connectivity index (χ3n) is 2.66. The largest absolute Gasteiger partial charge is 0.335 e. The van der Waals surface area contributed by atoms with Gasteiger partial charge in [-0.3, -0.25) is 4.79 Å². The van der Waals surface area contributed by atoms with Crippen LogP contribution in [0, 0.1) is 25.5 Å². The highest BCUT2D eigenvalue weighted by atomic mass is 35.5. The third-order valence-corrected chi connectivity index (χ3v) is 2.94. The molecule has 0 radical (unpaired) electrons. The van der Waals surface area contributed by atoms with Crippen LogP contribution in [0.2, 0.25) is 5.15 Å². The van der Waals surface area contributed by atoms with Crippen molar-refractivity contribution in [2.45, 2.75) is 13.8 Å². The van der Waals surface area contributed by atoms with Gasteiger partial charge < -0.3 is 5.32 Å². The lowest BCUT2D eigenvalue weighted by atomic mass is 10.2. The Morgan fingerprint density at radius 3 is 2.60 bits per heavy atom. The lowest BCUT2D eigenvalue weighted by Gasteiger charge is -2.12. The van der Waals surface area contributed by atoms with E-state index in [9.17, 15) is 13.6 Å². The minimum Gasteiger partial charge on any atom is -0.335 e. The molecule has 0 bridgehead atoms. The monoisotopic (exact) mass is 297 g/mol. The van der Waals surface area contributed by atoms with Crippen LogP contribution >= 0.6 is 11.6 Å². The topological polar surface area (TPSA) is 54.9 Å². The molecule has 4 nitrogen and oxygen atoms in total. The average molecular weight is 298 g/mol. The minimum absolute atomic E-state index is 0.0408. The Bertz CT molecular complexity index is 692. The van der Waals surface area contributed by atoms with Crippen LogP contribution in [-0.4, -0.2) is 16.3 Å². The van der Waals surface area contributed by atoms with E-state index in [-0.39, 0.29) is 33.6 Å². The molecule has 0 aliphatic carbocycles. The van der Waals surface area contributed by atoms with Gasteiger partial charge in [-0.2, -0.15) is 0 Å². The predicted octanol–water partition coefficient (Wildman–Crippen LogP) is 3.58. The summed E-state index contributed by atoms with van der Waals surface area (Å²) in [6.07, 6.45) is 0.426. The summed E-state index contributed by atoms with van der Waals surface area (Å²) in [4.78, 5) is 18.7. The number of carbonyl (C=O) groups is 1. The Morgan fingerprint density at radius 1 is 1.25 bits per heavy atom. The molecular formula is C13H10ClF2N3O. The molecule has 0 saturated heterocycles. The molecule has 0 aliphatic rings. The van der Waals surface area contributed by atoms with Crippen molar-refractivity contribution in [2.75, 3.05) is 5.32 Å². The number of hydrogen-bond donors (Lipinski definition) is 1. The minimum atomic E-state index is -0.794. The van der Waals surface area contributed by atoms with E-state index in [0.717, 1.165) is 6.07 Å². The summed E-state index contributed by atoms with van der Waals surface area (Å²) in [6, 6.07) is 2.44. The SMILES string of the molecule is Cc1nc(Cl)c(C=O)c(Nc2c(F)ccc(C)c2F)n1. The number of aryl methyl sites for hydroxylation is 2. The Morgan fingerprint density at radius 2 is 1.95 bits per heavy atom. The predicted molar refractivity (Wildman–Crippen MR) is 71.5 cm³/mol. The van der Waals surface area contributed by atoms with E-state index in [2.05, 4.69) is 15.3 Å². The number of halogens is 3. The molecule has 1 aromatic heterocycles. The number of benzene rings is 1. The number of anilines is 2. The molecule has 20 heavy (non-hydrogen) atoms. The highest BCUT2D eigenvalue weighted by Crippen LogP contribution is 2.27. The molecule has 0 aliphatic heterocycles. The molecule has 0 atom stereocenters. The maximum atomic E-state index is 13.9. The summed E-state index contributed by atoms with van der Waals surface area (Å²) in [7, 11) is 0. The van der Waals surface area contributed by atoms with Gasteiger partial charge in [0.1, 0.15) is 28.3 Å². The zero-order valence-electron chi connectivity index (χ0n) is 10.7. The summed E-state index contributed by atoms with van der Waals surface area (Å²) >= 11 is 5.80. The van der Waals surface area contributed by atoms with Crippen molar-refractivity contribution < 1.29 is 13.6 Å². The van der Waals surface area contributed by atoms with Crippen molar-refractivity contribution in [2.24, 2.45) is 0 Å². The van der Waals surface area contributed by atoms with Crippen LogP contribution < -0.4 is 5.32 Å². The standard InChI is InChI=1S/C13H10ClF2N3O/c1-6-3-4-9(15)11(10(6)16)19-13-8(5-20)12(14)17-7(2)18-13/h3-5H,1-2H3,(H,17,18,19). The van der Waals surface area contributed by atoms with Crippen molar-refractivity contribution in [1.29, 1.82) is 0 Å². The van der Waals surface area contributed by atoms with Crippen LogP contribution in [0.4, 0.5) is 20.3 Å². The van der Waals surface area contributed by atoms with Crippen LogP contribution in [0.15, 0.2) is 12.1 Å². The zero-order chi connectivity index (χ0) is 14.9. The maximum Gasteiger partial charge on any atom is 0.156 e. The summed E-state index contributed by atoms with van der Waals surface area (Å²) in [5, 5.41) is 2.39. The zero-order valence-corrected chi connectivity index (χ0v) is 11.4. The van der Waals surface area contributed by atoms with Gasteiger partial charge in [0.2, 0.25) is 0 Å². The third kappa shape index (κ3) is 2.60. The van der Waals surface area contributed by atoms with Crippen LogP contribution in [-0.2, 0) is 0 Å². The number of nitrogens with one attached hydrogen (secondary N) is 1. The first-order valence-electron chi connectivity index (χ1n) is 5.65. The van der Waals surface area contributed by atoms with E-state index in [1.165, 1.54) is 13.0 Å². The molecule has 2 rings (SSSR count). The van der Waals surface area contributed by atoms with Gasteiger partial charge in [-0.05, 0) is 25.5 Å². The molecule has 7 heteroatoms. The number of rotatable bonds is 3. The van der Waals surface area contributed by atoms with Crippen molar-refractivity contribution in [1.82, 2.24) is 9.97 Å². The number of aromatic nitrogens is 2. The summed E-state index contributed by atoms with van der Waals surface area (Å²) in [5.41, 5.74) is -0.182. The summed E-state index contributed by atoms with van der Waals surface area (Å²) in [6.45, 7) is 3.05. The Hall–Kier alpha value is -2.08. The van der Waals surface area contributed by atoms with Crippen LogP contribution in [0.3, 0.4) is 0 Å². The van der Waals surface area contributed by atoms with Gasteiger partial charge in [-0.15, -0.1) is 0 Å². The second kappa shape index (κ2) is 5.50. The summed E-state index contributed by atoms with van der Waals surface area (Å²) < 4.78 is 27.6. The molecule has 0 saturated carbocycles. The van der Waals surface area contributed by atoms with E-state index >= 15 is 0 Å². The fourth-order valence-electron chi connectivity index (χ4n) is 1.64. The highest BCUT2D eigenvalue weighted by molar-refractivity contribution is 6.32. The molecular weight excluding hydrogens is 288 g/mol. The highest BCUT2D eigenvalue weighted by Gasteiger charge is 2.16. The van der Waals surface area contributed by atoms with Gasteiger partial charge in [0.05, 0.1) is 5.56 Å². The van der Waals surface area contributed by atoms with Gasteiger partial charge in [-0.25, -0.2) is 18.7 Å². The fourth-order valence-corrected chi connectivity index (χ4v) is 1.89. The van der Waals surface area contributed by atoms with E-state index in [1.54, 1.807) is 6.92 Å². The van der Waals surface area contributed by atoms with Crippen LogP contribution in [0.25, 0.3) is 0 Å². The number of aldehydes is 1. The van der Waals surface area contributed by atoms with Crippen LogP contribution in [0.5, 0.6) is 0 Å². The van der Waals surface area contributed by atoms with E-state index in [0.29, 0.717) is 6.29 Å². The van der Waals surface area contributed by atoms with Crippen molar-refractivity contribution >= 4 is 29.4 Å². The Kier molecular flexibility index (Phi) is 3.94. The molecule has 0 fully saturated rings. The molecule has 1 aromatic carbocycles. The van der Waals surface area contributed by atoms with Gasteiger partial charge in [0, 0.05) is 0 Å². The van der Waals surface area contributed by atoms with Gasteiger partial charge >= 0.3 is 0 Å². The van der Waals surface area contributed by atoms with Crippen molar-refractivity contribution in [3.05, 3.63) is 45.9 Å². The van der Waals surface area contributed by atoms with Gasteiger partial charge in [-0.1, -0.05) is 17.7 Å². The Labute approximate surface area is 118 Å². The van der Waals surface area contributed by atoms with Crippen molar-refractivity contribution in [3.8, 4) is 0 Å². The smallest absolute Gasteiger partial charge is 0.156 e. The molecule has 1 heterocycles. The molecule has 0 spiro atoms. The first-order chi connectivity index (χ1) is 9.43. The normalized spacial score (nSPS) is 10.4. The first kappa shape index (κ1) is 14.3. The van der Waals surface area contributed by atoms with Gasteiger partial charge in [0.25, 0.3) is 0 Å². The molecule has 104 valence electrons. The van der Waals surface area contributed by atoms with Crippen LogP contribution in [0.1, 0.15) is 21.7 Å². The number of hydrogen-bond acceptors (Lipinski definition) is 4. The average Bonchev–Trinajstić information content (AvgIpc) is 2.39. The second-order valence-corrected chi connectivity index (χ2v) is 4.48. The fraction of sp³-hybridized carbons (Fsp3) is 0.154. The molecule has 0 unspecified atom stereocenters.